The van der Waals surface area contributed by atoms with Crippen molar-refractivity contribution in [3.8, 4) is 11.3 Å². The molecule has 2 aromatic rings. The number of aromatic nitrogens is 1. The molecule has 1 saturated heterocycles. The van der Waals surface area contributed by atoms with Gasteiger partial charge in [-0.15, -0.1) is 0 Å². The van der Waals surface area contributed by atoms with Crippen LogP contribution in [-0.4, -0.2) is 22.7 Å². The third-order valence-corrected chi connectivity index (χ3v) is 7.39. The molecule has 1 N–H and O–H groups in total. The molecule has 198 valence electrons. The summed E-state index contributed by atoms with van der Waals surface area (Å²) in [6, 6.07) is 3.52. The van der Waals surface area contributed by atoms with Crippen LogP contribution in [0.3, 0.4) is 0 Å². The van der Waals surface area contributed by atoms with Gasteiger partial charge in [-0.25, -0.2) is 5.01 Å². The molecule has 1 aliphatic carbocycles. The Morgan fingerprint density at radius 3 is 1.97 bits per heavy atom. The van der Waals surface area contributed by atoms with Crippen LogP contribution in [0.15, 0.2) is 30.8 Å². The van der Waals surface area contributed by atoms with Gasteiger partial charge in [-0.05, 0) is 68.4 Å². The summed E-state index contributed by atoms with van der Waals surface area (Å²) in [5.74, 6) is 0.327. The topological polar surface area (TPSA) is 20.2 Å². The first-order valence-corrected chi connectivity index (χ1v) is 12.6. The maximum Gasteiger partial charge on any atom is 0.416 e. The second-order valence-corrected chi connectivity index (χ2v) is 10.1. The number of piperidine rings is 1. The van der Waals surface area contributed by atoms with Crippen LogP contribution in [0.25, 0.3) is 17.0 Å². The summed E-state index contributed by atoms with van der Waals surface area (Å²) < 4.78 is 83.5. The normalized spacial score (nSPS) is 18.4. The van der Waals surface area contributed by atoms with Crippen LogP contribution in [0.1, 0.15) is 73.8 Å². The second kappa shape index (κ2) is 10.5. The third kappa shape index (κ3) is 6.10. The molecule has 1 aromatic carbocycles. The SMILES string of the molecule is C=C(NN1CCCCC1)c1cc(-c2cc(C(F)(F)F)cc(C(F)(F)F)c2)n(CC2CCCCC2)c1C. The molecule has 1 aromatic heterocycles. The van der Waals surface area contributed by atoms with Crippen LogP contribution < -0.4 is 5.43 Å². The number of benzene rings is 1. The first kappa shape index (κ1) is 26.6. The Kier molecular flexibility index (Phi) is 7.78. The number of rotatable bonds is 6. The largest absolute Gasteiger partial charge is 0.416 e. The molecule has 0 unspecified atom stereocenters. The Morgan fingerprint density at radius 1 is 0.861 bits per heavy atom. The lowest BCUT2D eigenvalue weighted by Crippen LogP contribution is -2.40. The molecule has 36 heavy (non-hydrogen) atoms. The smallest absolute Gasteiger partial charge is 0.344 e. The molecule has 9 heteroatoms. The lowest BCUT2D eigenvalue weighted by Gasteiger charge is -2.29. The van der Waals surface area contributed by atoms with Crippen LogP contribution in [0.4, 0.5) is 26.3 Å². The summed E-state index contributed by atoms with van der Waals surface area (Å²) in [5, 5.41) is 2.06. The van der Waals surface area contributed by atoms with E-state index >= 15 is 0 Å². The van der Waals surface area contributed by atoms with Gasteiger partial charge in [0.05, 0.1) is 16.8 Å². The minimum Gasteiger partial charge on any atom is -0.344 e. The second-order valence-electron chi connectivity index (χ2n) is 10.1. The molecule has 1 saturated carbocycles. The van der Waals surface area contributed by atoms with Crippen LogP contribution in [0, 0.1) is 12.8 Å². The van der Waals surface area contributed by atoms with E-state index in [1.165, 1.54) is 0 Å². The zero-order valence-electron chi connectivity index (χ0n) is 20.5. The van der Waals surface area contributed by atoms with Crippen molar-refractivity contribution in [3.05, 3.63) is 53.2 Å². The summed E-state index contributed by atoms with van der Waals surface area (Å²) >= 11 is 0. The molecular formula is C27H33F6N3. The van der Waals surface area contributed by atoms with E-state index in [0.717, 1.165) is 82.3 Å². The number of hydrazine groups is 1. The van der Waals surface area contributed by atoms with Gasteiger partial charge in [0.2, 0.25) is 0 Å². The molecule has 3 nitrogen and oxygen atoms in total. The number of hydrogen-bond acceptors (Lipinski definition) is 2. The molecule has 2 heterocycles. The van der Waals surface area contributed by atoms with E-state index in [0.29, 0.717) is 29.4 Å². The van der Waals surface area contributed by atoms with E-state index in [9.17, 15) is 26.3 Å². The third-order valence-electron chi connectivity index (χ3n) is 7.39. The van der Waals surface area contributed by atoms with Crippen LogP contribution in [0.5, 0.6) is 0 Å². The summed E-state index contributed by atoms with van der Waals surface area (Å²) in [7, 11) is 0. The quantitative estimate of drug-likeness (QED) is 0.395. The molecule has 0 radical (unpaired) electrons. The minimum atomic E-state index is -4.89. The van der Waals surface area contributed by atoms with Gasteiger partial charge in [0.25, 0.3) is 0 Å². The average Bonchev–Trinajstić information content (AvgIpc) is 3.15. The van der Waals surface area contributed by atoms with E-state index in [1.54, 1.807) is 6.07 Å². The van der Waals surface area contributed by atoms with Gasteiger partial charge in [0.1, 0.15) is 0 Å². The first-order chi connectivity index (χ1) is 16.9. The van der Waals surface area contributed by atoms with E-state index in [4.69, 9.17) is 0 Å². The zero-order valence-corrected chi connectivity index (χ0v) is 20.5. The number of hydrogen-bond donors (Lipinski definition) is 1. The summed E-state index contributed by atoms with van der Waals surface area (Å²) in [6.45, 7) is 8.29. The van der Waals surface area contributed by atoms with Crippen LogP contribution in [-0.2, 0) is 18.9 Å². The van der Waals surface area contributed by atoms with Crippen LogP contribution in [0.2, 0.25) is 0 Å². The molecule has 0 amide bonds. The van der Waals surface area contributed by atoms with Gasteiger partial charge in [-0.2, -0.15) is 26.3 Å². The Morgan fingerprint density at radius 2 is 1.42 bits per heavy atom. The highest BCUT2D eigenvalue weighted by molar-refractivity contribution is 5.73. The number of nitrogens with zero attached hydrogens (tertiary/aromatic N) is 2. The van der Waals surface area contributed by atoms with Crippen molar-refractivity contribution in [2.75, 3.05) is 13.1 Å². The van der Waals surface area contributed by atoms with Crippen molar-refractivity contribution in [2.45, 2.75) is 77.2 Å². The average molecular weight is 514 g/mol. The van der Waals surface area contributed by atoms with Gasteiger partial charge >= 0.3 is 12.4 Å². The van der Waals surface area contributed by atoms with E-state index in [2.05, 4.69) is 17.0 Å². The van der Waals surface area contributed by atoms with Gasteiger partial charge in [0, 0.05) is 36.6 Å². The van der Waals surface area contributed by atoms with Crippen LogP contribution >= 0.6 is 0 Å². The number of halogens is 6. The first-order valence-electron chi connectivity index (χ1n) is 12.6. The van der Waals surface area contributed by atoms with E-state index in [1.807, 2.05) is 11.5 Å². The fourth-order valence-electron chi connectivity index (χ4n) is 5.41. The molecular weight excluding hydrogens is 480 g/mol. The minimum absolute atomic E-state index is 0.0897. The van der Waals surface area contributed by atoms with E-state index < -0.39 is 23.5 Å². The number of nitrogens with one attached hydrogen (secondary N) is 1. The predicted molar refractivity (Wildman–Crippen MR) is 129 cm³/mol. The summed E-state index contributed by atoms with van der Waals surface area (Å²) in [4.78, 5) is 0. The predicted octanol–water partition coefficient (Wildman–Crippen LogP) is 8.04. The van der Waals surface area contributed by atoms with Gasteiger partial charge in [0.15, 0.2) is 0 Å². The summed E-state index contributed by atoms with van der Waals surface area (Å²) in [6.07, 6.45) is -1.22. The molecule has 0 atom stereocenters. The fourth-order valence-corrected chi connectivity index (χ4v) is 5.41. The Balaban J connectivity index is 1.79. The zero-order chi connectivity index (χ0) is 26.1. The molecule has 0 bridgehead atoms. The van der Waals surface area contributed by atoms with Gasteiger partial charge in [-0.3, -0.25) is 0 Å². The Labute approximate surface area is 208 Å². The van der Waals surface area contributed by atoms with Crippen molar-refractivity contribution in [3.63, 3.8) is 0 Å². The lowest BCUT2D eigenvalue weighted by atomic mass is 9.89. The van der Waals surface area contributed by atoms with Gasteiger partial charge in [-0.1, -0.05) is 32.3 Å². The lowest BCUT2D eigenvalue weighted by molar-refractivity contribution is -0.143. The van der Waals surface area contributed by atoms with Crippen molar-refractivity contribution in [1.29, 1.82) is 0 Å². The van der Waals surface area contributed by atoms with Crippen molar-refractivity contribution >= 4 is 5.70 Å². The molecule has 1 aliphatic heterocycles. The molecule has 4 rings (SSSR count). The monoisotopic (exact) mass is 513 g/mol. The van der Waals surface area contributed by atoms with E-state index in [-0.39, 0.29) is 11.6 Å². The molecule has 2 fully saturated rings. The highest BCUT2D eigenvalue weighted by Gasteiger charge is 2.37. The maximum atomic E-state index is 13.6. The van der Waals surface area contributed by atoms with Crippen molar-refractivity contribution < 1.29 is 26.3 Å². The van der Waals surface area contributed by atoms with Crippen molar-refractivity contribution in [1.82, 2.24) is 15.0 Å². The highest BCUT2D eigenvalue weighted by Crippen LogP contribution is 2.40. The molecule has 2 aliphatic rings. The maximum absolute atomic E-state index is 13.6. The standard InChI is InChI=1S/C27H33F6N3/c1-18(34-35-11-7-4-8-12-35)24-16-25(36(19(24)2)17-20-9-5-3-6-10-20)21-13-22(26(28,29)30)15-23(14-21)27(31,32)33/h13-16,20,34H,1,3-12,17H2,2H3. The van der Waals surface area contributed by atoms with Crippen molar-refractivity contribution in [2.24, 2.45) is 5.92 Å². The highest BCUT2D eigenvalue weighted by atomic mass is 19.4. The fraction of sp³-hybridized carbons (Fsp3) is 0.556. The number of alkyl halides is 6. The Hall–Kier alpha value is -2.42. The van der Waals surface area contributed by atoms with Gasteiger partial charge < -0.3 is 9.99 Å². The summed E-state index contributed by atoms with van der Waals surface area (Å²) in [5.41, 5.74) is 3.06. The molecule has 0 spiro atoms. The Bertz CT molecular complexity index is 1040.